The molecule has 5 nitrogen and oxygen atoms in total. The summed E-state index contributed by atoms with van der Waals surface area (Å²) in [6.07, 6.45) is 5.33. The summed E-state index contributed by atoms with van der Waals surface area (Å²) in [6, 6.07) is 4.13. The Bertz CT molecular complexity index is 579. The molecule has 0 unspecified atom stereocenters. The van der Waals surface area contributed by atoms with Gasteiger partial charge in [-0.1, -0.05) is 0 Å². The van der Waals surface area contributed by atoms with Gasteiger partial charge < -0.3 is 5.32 Å². The van der Waals surface area contributed by atoms with Crippen LogP contribution in [0.3, 0.4) is 0 Å². The third-order valence-electron chi connectivity index (χ3n) is 3.08. The average molecular weight is 262 g/mol. The summed E-state index contributed by atoms with van der Waals surface area (Å²) < 4.78 is 11.3. The van der Waals surface area contributed by atoms with Crippen molar-refractivity contribution in [1.29, 1.82) is 0 Å². The lowest BCUT2D eigenvalue weighted by molar-refractivity contribution is 0.621. The highest BCUT2D eigenvalue weighted by Crippen LogP contribution is 2.15. The molecule has 0 bridgehead atoms. The monoisotopic (exact) mass is 262 g/mol. The third kappa shape index (κ3) is 2.48. The van der Waals surface area contributed by atoms with Crippen molar-refractivity contribution in [2.75, 3.05) is 16.8 Å². The molecule has 0 spiro atoms. The molecule has 3 rings (SSSR count). The van der Waals surface area contributed by atoms with Gasteiger partial charge in [-0.05, 0) is 25.0 Å². The maximum Gasteiger partial charge on any atom is 0.224 e. The fourth-order valence-electron chi connectivity index (χ4n) is 2.05. The highest BCUT2D eigenvalue weighted by Gasteiger charge is 2.18. The summed E-state index contributed by atoms with van der Waals surface area (Å²) in [5.41, 5.74) is 0.703. The van der Waals surface area contributed by atoms with Crippen LogP contribution in [0.5, 0.6) is 0 Å². The Morgan fingerprint density at radius 1 is 1.28 bits per heavy atom. The fraction of sp³-hybridized carbons (Fsp3) is 0.417. The predicted molar refractivity (Wildman–Crippen MR) is 71.9 cm³/mol. The molecular weight excluding hydrogens is 248 g/mol. The highest BCUT2D eigenvalue weighted by molar-refractivity contribution is 7.85. The predicted octanol–water partition coefficient (Wildman–Crippen LogP) is 1.35. The quantitative estimate of drug-likeness (QED) is 0.884. The first-order valence-electron chi connectivity index (χ1n) is 6.00. The molecule has 1 saturated heterocycles. The van der Waals surface area contributed by atoms with Crippen LogP contribution in [0, 0.1) is 0 Å². The Balaban J connectivity index is 1.76. The highest BCUT2D eigenvalue weighted by atomic mass is 32.2. The van der Waals surface area contributed by atoms with Crippen molar-refractivity contribution in [3.8, 4) is 0 Å². The lowest BCUT2D eigenvalue weighted by atomic mass is 10.2. The Kier molecular flexibility index (Phi) is 3.19. The molecule has 2 aromatic rings. The van der Waals surface area contributed by atoms with Gasteiger partial charge in [0.2, 0.25) is 5.95 Å². The van der Waals surface area contributed by atoms with Crippen molar-refractivity contribution in [2.24, 2.45) is 0 Å². The van der Waals surface area contributed by atoms with Crippen LogP contribution >= 0.6 is 0 Å². The van der Waals surface area contributed by atoms with Crippen molar-refractivity contribution in [1.82, 2.24) is 15.0 Å². The van der Waals surface area contributed by atoms with E-state index in [1.54, 1.807) is 12.4 Å². The van der Waals surface area contributed by atoms with Crippen LogP contribution in [0.25, 0.3) is 11.0 Å². The smallest absolute Gasteiger partial charge is 0.224 e. The summed E-state index contributed by atoms with van der Waals surface area (Å²) in [5, 5.41) is 4.23. The molecule has 0 amide bonds. The zero-order valence-corrected chi connectivity index (χ0v) is 10.7. The van der Waals surface area contributed by atoms with E-state index in [1.165, 1.54) is 0 Å². The van der Waals surface area contributed by atoms with Gasteiger partial charge in [0.05, 0.1) is 0 Å². The molecule has 1 N–H and O–H groups in total. The lowest BCUT2D eigenvalue weighted by Crippen LogP contribution is -2.30. The van der Waals surface area contributed by atoms with Gasteiger partial charge in [-0.25, -0.2) is 9.97 Å². The van der Waals surface area contributed by atoms with Crippen LogP contribution in [0.4, 0.5) is 5.95 Å². The first-order valence-corrected chi connectivity index (χ1v) is 7.49. The summed E-state index contributed by atoms with van der Waals surface area (Å²) in [7, 11) is -0.634. The van der Waals surface area contributed by atoms with E-state index in [0.29, 0.717) is 17.6 Å². The van der Waals surface area contributed by atoms with E-state index >= 15 is 0 Å². The minimum Gasteiger partial charge on any atom is -0.351 e. The molecule has 1 fully saturated rings. The molecular formula is C12H14N4OS. The number of fused-ring (bicyclic) bond motifs is 1. The largest absolute Gasteiger partial charge is 0.351 e. The maximum absolute atomic E-state index is 11.3. The van der Waals surface area contributed by atoms with Crippen LogP contribution in [-0.2, 0) is 10.8 Å². The number of pyridine rings is 1. The molecule has 2 aromatic heterocycles. The summed E-state index contributed by atoms with van der Waals surface area (Å²) in [6.45, 7) is 0. The van der Waals surface area contributed by atoms with Crippen LogP contribution in [-0.4, -0.2) is 36.7 Å². The Morgan fingerprint density at radius 3 is 2.94 bits per heavy atom. The molecule has 0 radical (unpaired) electrons. The van der Waals surface area contributed by atoms with Crippen LogP contribution < -0.4 is 5.32 Å². The third-order valence-corrected chi connectivity index (χ3v) is 4.46. The standard InChI is InChI=1S/C12H14N4OS/c17-18-6-3-10(4-7-18)15-12-14-8-9-2-1-5-13-11(9)16-12/h1-2,5,8,10H,3-4,6-7H2,(H,13,14,15,16). The van der Waals surface area contributed by atoms with E-state index in [0.717, 1.165) is 29.7 Å². The first kappa shape index (κ1) is 11.5. The van der Waals surface area contributed by atoms with E-state index in [4.69, 9.17) is 0 Å². The number of aromatic nitrogens is 3. The summed E-state index contributed by atoms with van der Waals surface area (Å²) in [5.74, 6) is 2.14. The molecule has 94 valence electrons. The minimum atomic E-state index is -0.634. The van der Waals surface area contributed by atoms with Crippen molar-refractivity contribution in [3.63, 3.8) is 0 Å². The van der Waals surface area contributed by atoms with Gasteiger partial charge in [-0.2, -0.15) is 4.98 Å². The number of rotatable bonds is 2. The topological polar surface area (TPSA) is 67.8 Å². The van der Waals surface area contributed by atoms with E-state index in [-0.39, 0.29) is 0 Å². The average Bonchev–Trinajstić information content (AvgIpc) is 2.41. The Morgan fingerprint density at radius 2 is 2.11 bits per heavy atom. The maximum atomic E-state index is 11.3. The Hall–Kier alpha value is -1.56. The summed E-state index contributed by atoms with van der Waals surface area (Å²) >= 11 is 0. The second-order valence-electron chi connectivity index (χ2n) is 4.38. The van der Waals surface area contributed by atoms with E-state index < -0.39 is 10.8 Å². The molecule has 18 heavy (non-hydrogen) atoms. The van der Waals surface area contributed by atoms with Gasteiger partial charge >= 0.3 is 0 Å². The zero-order valence-electron chi connectivity index (χ0n) is 9.87. The minimum absolute atomic E-state index is 0.323. The van der Waals surface area contributed by atoms with Crippen LogP contribution in [0.2, 0.25) is 0 Å². The second-order valence-corrected chi connectivity index (χ2v) is 6.07. The van der Waals surface area contributed by atoms with Gasteiger partial charge in [0.1, 0.15) is 0 Å². The van der Waals surface area contributed by atoms with Gasteiger partial charge in [-0.3, -0.25) is 4.21 Å². The molecule has 3 heterocycles. The number of hydrogen-bond acceptors (Lipinski definition) is 5. The number of hydrogen-bond donors (Lipinski definition) is 1. The van der Waals surface area contributed by atoms with Crippen LogP contribution in [0.1, 0.15) is 12.8 Å². The SMILES string of the molecule is O=S1CCC(Nc2ncc3cccnc3n2)CC1. The van der Waals surface area contributed by atoms with E-state index in [1.807, 2.05) is 12.1 Å². The molecule has 0 atom stereocenters. The van der Waals surface area contributed by atoms with Gasteiger partial charge in [-0.15, -0.1) is 0 Å². The van der Waals surface area contributed by atoms with E-state index in [9.17, 15) is 4.21 Å². The number of nitrogens with one attached hydrogen (secondary N) is 1. The molecule has 1 aliphatic rings. The molecule has 0 aliphatic carbocycles. The van der Waals surface area contributed by atoms with Gasteiger partial charge in [0, 0.05) is 46.1 Å². The van der Waals surface area contributed by atoms with Crippen molar-refractivity contribution in [3.05, 3.63) is 24.5 Å². The molecule has 0 aromatic carbocycles. The molecule has 6 heteroatoms. The van der Waals surface area contributed by atoms with Gasteiger partial charge in [0.25, 0.3) is 0 Å². The first-order chi connectivity index (χ1) is 8.81. The van der Waals surface area contributed by atoms with Crippen LogP contribution in [0.15, 0.2) is 24.5 Å². The zero-order chi connectivity index (χ0) is 12.4. The Labute approximate surface area is 108 Å². The van der Waals surface area contributed by atoms with Crippen molar-refractivity contribution in [2.45, 2.75) is 18.9 Å². The van der Waals surface area contributed by atoms with Crippen molar-refractivity contribution < 1.29 is 4.21 Å². The summed E-state index contributed by atoms with van der Waals surface area (Å²) in [4.78, 5) is 12.9. The van der Waals surface area contributed by atoms with E-state index in [2.05, 4.69) is 20.3 Å². The van der Waals surface area contributed by atoms with Crippen molar-refractivity contribution >= 4 is 27.8 Å². The number of nitrogens with zero attached hydrogens (tertiary/aromatic N) is 3. The molecule has 1 aliphatic heterocycles. The second kappa shape index (κ2) is 4.97. The van der Waals surface area contributed by atoms with Gasteiger partial charge in [0.15, 0.2) is 5.65 Å². The lowest BCUT2D eigenvalue weighted by Gasteiger charge is -2.22. The fourth-order valence-corrected chi connectivity index (χ4v) is 3.35. The number of anilines is 1. The molecule has 0 saturated carbocycles. The normalized spacial score (nSPS) is 24.0.